The van der Waals surface area contributed by atoms with Crippen molar-refractivity contribution in [2.75, 3.05) is 7.11 Å². The third kappa shape index (κ3) is 1.87. The molecule has 1 heterocycles. The molecule has 0 amide bonds. The van der Waals surface area contributed by atoms with E-state index in [0.29, 0.717) is 5.69 Å². The number of rotatable bonds is 3. The lowest BCUT2D eigenvalue weighted by Gasteiger charge is -2.28. The number of methoxy groups -OCH3 is 1. The summed E-state index contributed by atoms with van der Waals surface area (Å²) in [6, 6.07) is 0. The third-order valence-corrected chi connectivity index (χ3v) is 2.21. The first-order valence-electron chi connectivity index (χ1n) is 4.07. The van der Waals surface area contributed by atoms with Gasteiger partial charge in [0.2, 0.25) is 0 Å². The molecule has 0 bridgehead atoms. The SMILES string of the molecule is COC(C)(C)C(O)c1cnnn1C. The van der Waals surface area contributed by atoms with E-state index >= 15 is 0 Å². The zero-order valence-corrected chi connectivity index (χ0v) is 8.35. The van der Waals surface area contributed by atoms with E-state index in [-0.39, 0.29) is 0 Å². The molecular weight excluding hydrogens is 170 g/mol. The molecule has 5 heteroatoms. The van der Waals surface area contributed by atoms with Crippen LogP contribution < -0.4 is 0 Å². The quantitative estimate of drug-likeness (QED) is 0.734. The number of aromatic nitrogens is 3. The van der Waals surface area contributed by atoms with Gasteiger partial charge >= 0.3 is 0 Å². The molecule has 74 valence electrons. The monoisotopic (exact) mass is 185 g/mol. The maximum absolute atomic E-state index is 9.89. The summed E-state index contributed by atoms with van der Waals surface area (Å²) in [7, 11) is 3.30. The van der Waals surface area contributed by atoms with Crippen molar-refractivity contribution in [2.24, 2.45) is 7.05 Å². The number of aliphatic hydroxyl groups excluding tert-OH is 1. The van der Waals surface area contributed by atoms with Crippen LogP contribution in [0.1, 0.15) is 25.6 Å². The summed E-state index contributed by atoms with van der Waals surface area (Å²) in [6.07, 6.45) is 0.809. The number of ether oxygens (including phenoxy) is 1. The van der Waals surface area contributed by atoms with Gasteiger partial charge in [-0.15, -0.1) is 5.10 Å². The Morgan fingerprint density at radius 1 is 1.62 bits per heavy atom. The number of hydrogen-bond acceptors (Lipinski definition) is 4. The highest BCUT2D eigenvalue weighted by atomic mass is 16.5. The standard InChI is InChI=1S/C8H15N3O2/c1-8(2,13-4)7(12)6-5-9-10-11(6)3/h5,7,12H,1-4H3. The van der Waals surface area contributed by atoms with Crippen LogP contribution in [0.5, 0.6) is 0 Å². The summed E-state index contributed by atoms with van der Waals surface area (Å²) in [5.74, 6) is 0. The molecule has 0 fully saturated rings. The van der Waals surface area contributed by atoms with Gasteiger partial charge in [0.25, 0.3) is 0 Å². The van der Waals surface area contributed by atoms with Crippen molar-refractivity contribution in [2.45, 2.75) is 25.6 Å². The van der Waals surface area contributed by atoms with Crippen molar-refractivity contribution in [1.82, 2.24) is 15.0 Å². The Bertz CT molecular complexity index is 283. The summed E-state index contributed by atoms with van der Waals surface area (Å²) >= 11 is 0. The first kappa shape index (κ1) is 10.1. The lowest BCUT2D eigenvalue weighted by molar-refractivity contribution is -0.0823. The van der Waals surface area contributed by atoms with Crippen LogP contribution in [-0.4, -0.2) is 32.8 Å². The maximum atomic E-state index is 9.89. The van der Waals surface area contributed by atoms with Gasteiger partial charge in [0.15, 0.2) is 0 Å². The Morgan fingerprint density at radius 3 is 2.62 bits per heavy atom. The van der Waals surface area contributed by atoms with Crippen LogP contribution in [0, 0.1) is 0 Å². The van der Waals surface area contributed by atoms with Gasteiger partial charge in [-0.05, 0) is 13.8 Å². The highest BCUT2D eigenvalue weighted by Crippen LogP contribution is 2.26. The van der Waals surface area contributed by atoms with Crippen molar-refractivity contribution in [3.8, 4) is 0 Å². The fraction of sp³-hybridized carbons (Fsp3) is 0.750. The molecule has 0 aromatic carbocycles. The number of hydrogen-bond donors (Lipinski definition) is 1. The van der Waals surface area contributed by atoms with Crippen molar-refractivity contribution in [3.05, 3.63) is 11.9 Å². The van der Waals surface area contributed by atoms with Gasteiger partial charge in [-0.3, -0.25) is 0 Å². The molecule has 13 heavy (non-hydrogen) atoms. The minimum absolute atomic E-state index is 0.629. The fourth-order valence-electron chi connectivity index (χ4n) is 1.01. The second kappa shape index (κ2) is 3.43. The van der Waals surface area contributed by atoms with Crippen LogP contribution in [-0.2, 0) is 11.8 Å². The van der Waals surface area contributed by atoms with Crippen LogP contribution in [0.3, 0.4) is 0 Å². The van der Waals surface area contributed by atoms with Crippen LogP contribution in [0.2, 0.25) is 0 Å². The Labute approximate surface area is 77.3 Å². The largest absolute Gasteiger partial charge is 0.384 e. The van der Waals surface area contributed by atoms with Gasteiger partial charge in [0.1, 0.15) is 6.10 Å². The molecule has 1 N–H and O–H groups in total. The van der Waals surface area contributed by atoms with Crippen LogP contribution in [0.4, 0.5) is 0 Å². The van der Waals surface area contributed by atoms with Gasteiger partial charge in [-0.25, -0.2) is 4.68 Å². The first-order valence-corrected chi connectivity index (χ1v) is 4.07. The summed E-state index contributed by atoms with van der Waals surface area (Å²) in [5, 5.41) is 17.3. The second-order valence-electron chi connectivity index (χ2n) is 3.49. The molecule has 1 atom stereocenters. The van der Waals surface area contributed by atoms with Gasteiger partial charge in [-0.2, -0.15) is 0 Å². The number of aryl methyl sites for hydroxylation is 1. The summed E-state index contributed by atoms with van der Waals surface area (Å²) in [5.41, 5.74) is 0.0157. The minimum atomic E-state index is -0.725. The van der Waals surface area contributed by atoms with Crippen molar-refractivity contribution < 1.29 is 9.84 Å². The molecule has 1 rings (SSSR count). The Morgan fingerprint density at radius 2 is 2.23 bits per heavy atom. The van der Waals surface area contributed by atoms with Gasteiger partial charge < -0.3 is 9.84 Å². The van der Waals surface area contributed by atoms with Crippen molar-refractivity contribution in [1.29, 1.82) is 0 Å². The molecule has 0 aliphatic heterocycles. The highest BCUT2D eigenvalue weighted by molar-refractivity contribution is 5.04. The third-order valence-electron chi connectivity index (χ3n) is 2.21. The molecule has 0 saturated heterocycles. The zero-order chi connectivity index (χ0) is 10.1. The van der Waals surface area contributed by atoms with Crippen molar-refractivity contribution in [3.63, 3.8) is 0 Å². The van der Waals surface area contributed by atoms with E-state index in [1.807, 2.05) is 13.8 Å². The number of nitrogens with zero attached hydrogens (tertiary/aromatic N) is 3. The smallest absolute Gasteiger partial charge is 0.126 e. The zero-order valence-electron chi connectivity index (χ0n) is 8.35. The Balaban J connectivity index is 2.91. The number of aliphatic hydroxyl groups is 1. The summed E-state index contributed by atoms with van der Waals surface area (Å²) in [4.78, 5) is 0. The van der Waals surface area contributed by atoms with E-state index in [2.05, 4.69) is 10.3 Å². The average Bonchev–Trinajstić information content (AvgIpc) is 2.50. The normalized spacial score (nSPS) is 14.5. The molecule has 0 spiro atoms. The van der Waals surface area contributed by atoms with E-state index in [1.54, 1.807) is 14.2 Å². The van der Waals surface area contributed by atoms with E-state index in [4.69, 9.17) is 4.74 Å². The van der Waals surface area contributed by atoms with E-state index < -0.39 is 11.7 Å². The molecule has 0 aliphatic carbocycles. The minimum Gasteiger partial charge on any atom is -0.384 e. The fourth-order valence-corrected chi connectivity index (χ4v) is 1.01. The Hall–Kier alpha value is -0.940. The lowest BCUT2D eigenvalue weighted by Crippen LogP contribution is -2.32. The maximum Gasteiger partial charge on any atom is 0.126 e. The molecular formula is C8H15N3O2. The van der Waals surface area contributed by atoms with Gasteiger partial charge in [-0.1, -0.05) is 5.21 Å². The van der Waals surface area contributed by atoms with Crippen LogP contribution in [0.25, 0.3) is 0 Å². The molecule has 0 saturated carbocycles. The molecule has 1 aromatic heterocycles. The predicted molar refractivity (Wildman–Crippen MR) is 47.1 cm³/mol. The van der Waals surface area contributed by atoms with Gasteiger partial charge in [0, 0.05) is 14.2 Å². The molecule has 1 unspecified atom stereocenters. The topological polar surface area (TPSA) is 60.2 Å². The van der Waals surface area contributed by atoms with Crippen LogP contribution in [0.15, 0.2) is 6.20 Å². The second-order valence-corrected chi connectivity index (χ2v) is 3.49. The molecule has 0 radical (unpaired) electrons. The first-order chi connectivity index (χ1) is 5.99. The molecule has 5 nitrogen and oxygen atoms in total. The van der Waals surface area contributed by atoms with Crippen molar-refractivity contribution >= 4 is 0 Å². The predicted octanol–water partition coefficient (Wildman–Crippen LogP) is 0.273. The van der Waals surface area contributed by atoms with Crippen LogP contribution >= 0.6 is 0 Å². The lowest BCUT2D eigenvalue weighted by atomic mass is 9.99. The average molecular weight is 185 g/mol. The summed E-state index contributed by atoms with van der Waals surface area (Å²) < 4.78 is 6.69. The summed E-state index contributed by atoms with van der Waals surface area (Å²) in [6.45, 7) is 3.62. The molecule has 1 aromatic rings. The Kier molecular flexibility index (Phi) is 2.68. The highest BCUT2D eigenvalue weighted by Gasteiger charge is 2.31. The van der Waals surface area contributed by atoms with E-state index in [0.717, 1.165) is 0 Å². The molecule has 0 aliphatic rings. The van der Waals surface area contributed by atoms with Gasteiger partial charge in [0.05, 0.1) is 17.5 Å². The van der Waals surface area contributed by atoms with E-state index in [1.165, 1.54) is 10.9 Å². The van der Waals surface area contributed by atoms with E-state index in [9.17, 15) is 5.11 Å².